The highest BCUT2D eigenvalue weighted by Crippen LogP contribution is 2.20. The van der Waals surface area contributed by atoms with Gasteiger partial charge in [0.2, 0.25) is 0 Å². The van der Waals surface area contributed by atoms with Gasteiger partial charge in [-0.1, -0.05) is 6.07 Å². The zero-order valence-electron chi connectivity index (χ0n) is 10.9. The maximum atomic E-state index is 11.0. The van der Waals surface area contributed by atoms with E-state index >= 15 is 0 Å². The Morgan fingerprint density at radius 2 is 2.35 bits per heavy atom. The molecule has 0 spiro atoms. The predicted molar refractivity (Wildman–Crippen MR) is 70.8 cm³/mol. The predicted octanol–water partition coefficient (Wildman–Crippen LogP) is 1.52. The van der Waals surface area contributed by atoms with Crippen molar-refractivity contribution in [1.29, 1.82) is 0 Å². The Morgan fingerprint density at radius 3 is 3.05 bits per heavy atom. The second-order valence-electron chi connectivity index (χ2n) is 4.64. The van der Waals surface area contributed by atoms with Gasteiger partial charge in [-0.15, -0.1) is 0 Å². The van der Waals surface area contributed by atoms with Crippen LogP contribution in [0.3, 0.4) is 0 Å². The summed E-state index contributed by atoms with van der Waals surface area (Å²) in [4.78, 5) is 23.0. The molecule has 20 heavy (non-hydrogen) atoms. The Morgan fingerprint density at radius 1 is 1.55 bits per heavy atom. The number of rotatable bonds is 6. The lowest BCUT2D eigenvalue weighted by Gasteiger charge is -2.20. The van der Waals surface area contributed by atoms with Crippen LogP contribution in [0.15, 0.2) is 24.3 Å². The van der Waals surface area contributed by atoms with Crippen LogP contribution in [0.1, 0.15) is 12.8 Å². The molecule has 1 heterocycles. The van der Waals surface area contributed by atoms with Crippen molar-refractivity contribution in [3.05, 3.63) is 34.4 Å². The summed E-state index contributed by atoms with van der Waals surface area (Å²) in [6.45, 7) is 1.56. The molecule has 1 aromatic rings. The molecular formula is C13H16N2O5. The number of hydrogen-bond donors (Lipinski definition) is 1. The van der Waals surface area contributed by atoms with Crippen molar-refractivity contribution in [2.24, 2.45) is 0 Å². The number of carboxylic acids is 1. The molecule has 1 N–H and O–H groups in total. The van der Waals surface area contributed by atoms with E-state index in [9.17, 15) is 14.9 Å². The third kappa shape index (κ3) is 3.45. The Labute approximate surface area is 115 Å². The minimum Gasteiger partial charge on any atom is -0.492 e. The number of non-ortho nitro benzene ring substituents is 1. The zero-order valence-corrected chi connectivity index (χ0v) is 10.9. The van der Waals surface area contributed by atoms with Crippen molar-refractivity contribution in [2.45, 2.75) is 18.9 Å². The fraction of sp³-hybridized carbons (Fsp3) is 0.462. The molecule has 7 nitrogen and oxygen atoms in total. The fourth-order valence-electron chi connectivity index (χ4n) is 2.34. The molecule has 0 aromatic heterocycles. The number of carboxylic acid groups (broad SMARTS) is 1. The van der Waals surface area contributed by atoms with Crippen LogP contribution >= 0.6 is 0 Å². The zero-order chi connectivity index (χ0) is 14.5. The van der Waals surface area contributed by atoms with Crippen molar-refractivity contribution in [3.8, 4) is 5.75 Å². The van der Waals surface area contributed by atoms with Crippen molar-refractivity contribution in [2.75, 3.05) is 19.7 Å². The molecule has 1 aliphatic heterocycles. The van der Waals surface area contributed by atoms with Crippen molar-refractivity contribution >= 4 is 11.7 Å². The molecule has 0 saturated carbocycles. The van der Waals surface area contributed by atoms with Gasteiger partial charge in [0.15, 0.2) is 0 Å². The van der Waals surface area contributed by atoms with E-state index in [4.69, 9.17) is 9.84 Å². The third-order valence-electron chi connectivity index (χ3n) is 3.32. The van der Waals surface area contributed by atoms with Gasteiger partial charge >= 0.3 is 5.97 Å². The lowest BCUT2D eigenvalue weighted by atomic mass is 10.2. The number of ether oxygens (including phenoxy) is 1. The van der Waals surface area contributed by atoms with Crippen molar-refractivity contribution < 1.29 is 19.6 Å². The number of benzene rings is 1. The number of carbonyl (C=O) groups is 1. The summed E-state index contributed by atoms with van der Waals surface area (Å²) in [5, 5.41) is 19.7. The van der Waals surface area contributed by atoms with Gasteiger partial charge in [0.25, 0.3) is 5.69 Å². The Hall–Kier alpha value is -2.15. The van der Waals surface area contributed by atoms with Gasteiger partial charge in [0.05, 0.1) is 11.0 Å². The number of hydrogen-bond acceptors (Lipinski definition) is 5. The molecule has 1 fully saturated rings. The molecule has 0 aliphatic carbocycles. The number of nitrogens with zero attached hydrogens (tertiary/aromatic N) is 2. The standard InChI is InChI=1S/C13H16N2O5/c16-13(17)12-5-2-6-14(12)7-8-20-11-4-1-3-10(9-11)15(18)19/h1,3-4,9,12H,2,5-8H2,(H,16,17)/t12-/m0/s1. The van der Waals surface area contributed by atoms with Crippen LogP contribution in [-0.4, -0.2) is 46.6 Å². The first-order chi connectivity index (χ1) is 9.58. The summed E-state index contributed by atoms with van der Waals surface area (Å²) in [5.74, 6) is -0.386. The van der Waals surface area contributed by atoms with E-state index < -0.39 is 16.9 Å². The van der Waals surface area contributed by atoms with Crippen molar-refractivity contribution in [1.82, 2.24) is 4.90 Å². The minimum absolute atomic E-state index is 0.0212. The quantitative estimate of drug-likeness (QED) is 0.627. The molecule has 1 aromatic carbocycles. The van der Waals surface area contributed by atoms with Crippen LogP contribution in [-0.2, 0) is 4.79 Å². The summed E-state index contributed by atoms with van der Waals surface area (Å²) < 4.78 is 5.45. The summed E-state index contributed by atoms with van der Waals surface area (Å²) in [5.41, 5.74) is -0.0212. The van der Waals surface area contributed by atoms with Crippen LogP contribution in [0, 0.1) is 10.1 Å². The summed E-state index contributed by atoms with van der Waals surface area (Å²) in [7, 11) is 0. The second kappa shape index (κ2) is 6.33. The number of nitro benzene ring substituents is 1. The average Bonchev–Trinajstić information content (AvgIpc) is 2.87. The number of likely N-dealkylation sites (tertiary alicyclic amines) is 1. The molecule has 1 saturated heterocycles. The Kier molecular flexibility index (Phi) is 4.52. The summed E-state index contributed by atoms with van der Waals surface area (Å²) in [6, 6.07) is 5.52. The van der Waals surface area contributed by atoms with E-state index in [-0.39, 0.29) is 5.69 Å². The topological polar surface area (TPSA) is 92.9 Å². The summed E-state index contributed by atoms with van der Waals surface area (Å²) in [6.07, 6.45) is 1.53. The highest BCUT2D eigenvalue weighted by atomic mass is 16.6. The van der Waals surface area contributed by atoms with Gasteiger partial charge in [-0.05, 0) is 25.5 Å². The van der Waals surface area contributed by atoms with E-state index in [1.165, 1.54) is 12.1 Å². The molecular weight excluding hydrogens is 264 g/mol. The maximum Gasteiger partial charge on any atom is 0.320 e. The van der Waals surface area contributed by atoms with Gasteiger partial charge in [-0.3, -0.25) is 19.8 Å². The fourth-order valence-corrected chi connectivity index (χ4v) is 2.34. The molecule has 0 amide bonds. The highest BCUT2D eigenvalue weighted by molar-refractivity contribution is 5.73. The molecule has 0 bridgehead atoms. The normalized spacial score (nSPS) is 18.9. The monoisotopic (exact) mass is 280 g/mol. The molecule has 108 valence electrons. The Bertz CT molecular complexity index is 505. The van der Waals surface area contributed by atoms with Gasteiger partial charge < -0.3 is 9.84 Å². The lowest BCUT2D eigenvalue weighted by Crippen LogP contribution is -2.38. The average molecular weight is 280 g/mol. The van der Waals surface area contributed by atoms with Gasteiger partial charge in [-0.25, -0.2) is 0 Å². The molecule has 2 rings (SSSR count). The molecule has 7 heteroatoms. The molecule has 1 aliphatic rings. The first-order valence-electron chi connectivity index (χ1n) is 6.42. The largest absolute Gasteiger partial charge is 0.492 e. The van der Waals surface area contributed by atoms with Crippen LogP contribution in [0.2, 0.25) is 0 Å². The minimum atomic E-state index is -0.808. The second-order valence-corrected chi connectivity index (χ2v) is 4.64. The lowest BCUT2D eigenvalue weighted by molar-refractivity contribution is -0.384. The van der Waals surface area contributed by atoms with Gasteiger partial charge in [-0.2, -0.15) is 0 Å². The maximum absolute atomic E-state index is 11.0. The van der Waals surface area contributed by atoms with Crippen LogP contribution in [0.5, 0.6) is 5.75 Å². The molecule has 0 radical (unpaired) electrons. The van der Waals surface area contributed by atoms with E-state index in [0.29, 0.717) is 25.3 Å². The molecule has 0 unspecified atom stereocenters. The Balaban J connectivity index is 1.85. The third-order valence-corrected chi connectivity index (χ3v) is 3.32. The SMILES string of the molecule is O=C(O)[C@@H]1CCCN1CCOc1cccc([N+](=O)[O-])c1. The summed E-state index contributed by atoms with van der Waals surface area (Å²) >= 11 is 0. The first kappa shape index (κ1) is 14.3. The van der Waals surface area contributed by atoms with Gasteiger partial charge in [0, 0.05) is 12.6 Å². The van der Waals surface area contributed by atoms with Crippen LogP contribution in [0.25, 0.3) is 0 Å². The van der Waals surface area contributed by atoms with Crippen LogP contribution in [0.4, 0.5) is 5.69 Å². The van der Waals surface area contributed by atoms with E-state index in [0.717, 1.165) is 13.0 Å². The first-order valence-corrected chi connectivity index (χ1v) is 6.42. The highest BCUT2D eigenvalue weighted by Gasteiger charge is 2.29. The van der Waals surface area contributed by atoms with E-state index in [1.807, 2.05) is 4.90 Å². The van der Waals surface area contributed by atoms with Gasteiger partial charge in [0.1, 0.15) is 18.4 Å². The number of aliphatic carboxylic acids is 1. The van der Waals surface area contributed by atoms with E-state index in [1.54, 1.807) is 12.1 Å². The smallest absolute Gasteiger partial charge is 0.320 e. The van der Waals surface area contributed by atoms with Crippen LogP contribution < -0.4 is 4.74 Å². The van der Waals surface area contributed by atoms with Crippen molar-refractivity contribution in [3.63, 3.8) is 0 Å². The number of nitro groups is 1. The molecule has 1 atom stereocenters. The van der Waals surface area contributed by atoms with E-state index in [2.05, 4.69) is 0 Å².